The first-order chi connectivity index (χ1) is 8.88. The highest BCUT2D eigenvalue weighted by Crippen LogP contribution is 2.63. The van der Waals surface area contributed by atoms with Crippen LogP contribution in [0.25, 0.3) is 0 Å². The molecule has 2 fully saturated rings. The third kappa shape index (κ3) is 0.869. The van der Waals surface area contributed by atoms with Crippen molar-refractivity contribution in [2.75, 3.05) is 0 Å². The Balaban J connectivity index is 1.64. The molecule has 6 aliphatic rings. The van der Waals surface area contributed by atoms with Crippen LogP contribution in [0.1, 0.15) is 12.8 Å². The Hall–Kier alpha value is -1.43. The van der Waals surface area contributed by atoms with Gasteiger partial charge in [0.25, 0.3) is 0 Å². The second kappa shape index (κ2) is 2.93. The molecule has 4 aliphatic carbocycles. The Morgan fingerprint density at radius 3 is 3.00 bits per heavy atom. The van der Waals surface area contributed by atoms with Crippen molar-refractivity contribution in [3.63, 3.8) is 0 Å². The Kier molecular flexibility index (Phi) is 1.55. The summed E-state index contributed by atoms with van der Waals surface area (Å²) in [5.74, 6) is 3.74. The predicted molar refractivity (Wildman–Crippen MR) is 65.4 cm³/mol. The Bertz CT molecular complexity index is 553. The lowest BCUT2D eigenvalue weighted by molar-refractivity contribution is 0.0452. The largest absolute Gasteiger partial charge is 0.193 e. The number of rotatable bonds is 0. The van der Waals surface area contributed by atoms with Crippen LogP contribution in [0.4, 0.5) is 0 Å². The Labute approximate surface area is 106 Å². The normalized spacial score (nSPS) is 57.4. The van der Waals surface area contributed by atoms with E-state index < -0.39 is 0 Å². The third-order valence-electron chi connectivity index (χ3n) is 6.07. The van der Waals surface area contributed by atoms with Gasteiger partial charge in [-0.2, -0.15) is 15.5 Å². The molecule has 0 N–H and O–H groups in total. The van der Waals surface area contributed by atoms with Crippen LogP contribution < -0.4 is 0 Å². The number of hydrogen-bond acceptors (Lipinski definition) is 3. The maximum Gasteiger partial charge on any atom is 0.0946 e. The molecule has 0 spiro atoms. The van der Waals surface area contributed by atoms with E-state index >= 15 is 0 Å². The van der Waals surface area contributed by atoms with Gasteiger partial charge in [0.15, 0.2) is 0 Å². The summed E-state index contributed by atoms with van der Waals surface area (Å²) in [6.45, 7) is 0. The SMILES string of the molecule is N#CC1=C[C@H]2C[C@@H]1[C@H]1[C@H]3N=N[C@H]([C@@H]4C=CC[C@@H]43)[C@H]12. The monoisotopic (exact) mass is 237 g/mol. The van der Waals surface area contributed by atoms with Crippen LogP contribution in [0.3, 0.4) is 0 Å². The van der Waals surface area contributed by atoms with Gasteiger partial charge in [-0.15, -0.1) is 0 Å². The number of fused-ring (bicyclic) bond motifs is 2. The summed E-state index contributed by atoms with van der Waals surface area (Å²) in [6, 6.07) is 3.23. The molecule has 3 heteroatoms. The van der Waals surface area contributed by atoms with E-state index in [1.54, 1.807) is 0 Å². The van der Waals surface area contributed by atoms with E-state index in [1.165, 1.54) is 12.8 Å². The second-order valence-electron chi connectivity index (χ2n) is 6.51. The maximum atomic E-state index is 9.25. The van der Waals surface area contributed by atoms with Crippen molar-refractivity contribution in [1.29, 1.82) is 5.26 Å². The minimum absolute atomic E-state index is 0.395. The molecule has 2 heterocycles. The van der Waals surface area contributed by atoms with Gasteiger partial charge in [0, 0.05) is 11.5 Å². The number of allylic oxidation sites excluding steroid dienone is 3. The first-order valence-electron chi connectivity index (χ1n) is 7.07. The van der Waals surface area contributed by atoms with E-state index in [0.29, 0.717) is 47.6 Å². The van der Waals surface area contributed by atoms with Crippen LogP contribution in [0.5, 0.6) is 0 Å². The fourth-order valence-electron chi connectivity index (χ4n) is 5.54. The fourth-order valence-corrected chi connectivity index (χ4v) is 5.54. The summed E-state index contributed by atoms with van der Waals surface area (Å²) in [7, 11) is 0. The van der Waals surface area contributed by atoms with Gasteiger partial charge in [-0.1, -0.05) is 18.2 Å². The van der Waals surface area contributed by atoms with E-state index in [4.69, 9.17) is 0 Å². The zero-order chi connectivity index (χ0) is 11.9. The minimum atomic E-state index is 0.395. The highest BCUT2D eigenvalue weighted by molar-refractivity contribution is 5.37. The van der Waals surface area contributed by atoms with Crippen molar-refractivity contribution in [3.8, 4) is 6.07 Å². The molecule has 0 amide bonds. The van der Waals surface area contributed by atoms with Crippen molar-refractivity contribution in [1.82, 2.24) is 0 Å². The highest BCUT2D eigenvalue weighted by atomic mass is 15.2. The van der Waals surface area contributed by atoms with E-state index in [2.05, 4.69) is 34.5 Å². The van der Waals surface area contributed by atoms with Crippen LogP contribution in [0, 0.1) is 46.8 Å². The van der Waals surface area contributed by atoms with Gasteiger partial charge < -0.3 is 0 Å². The Morgan fingerprint density at radius 2 is 2.11 bits per heavy atom. The summed E-state index contributed by atoms with van der Waals surface area (Å²) in [5, 5.41) is 18.5. The van der Waals surface area contributed by atoms with Crippen molar-refractivity contribution >= 4 is 0 Å². The third-order valence-corrected chi connectivity index (χ3v) is 6.07. The first-order valence-corrected chi connectivity index (χ1v) is 7.07. The number of hydrogen-bond donors (Lipinski definition) is 0. The molecular formula is C15H15N3. The van der Waals surface area contributed by atoms with Crippen molar-refractivity contribution in [2.45, 2.75) is 24.9 Å². The molecule has 0 unspecified atom stereocenters. The van der Waals surface area contributed by atoms with Crippen LogP contribution in [-0.4, -0.2) is 12.1 Å². The van der Waals surface area contributed by atoms with Gasteiger partial charge >= 0.3 is 0 Å². The van der Waals surface area contributed by atoms with E-state index in [9.17, 15) is 5.26 Å². The molecule has 0 radical (unpaired) electrons. The summed E-state index contributed by atoms with van der Waals surface area (Å²) >= 11 is 0. The summed E-state index contributed by atoms with van der Waals surface area (Å²) in [4.78, 5) is 0. The van der Waals surface area contributed by atoms with Crippen molar-refractivity contribution < 1.29 is 0 Å². The van der Waals surface area contributed by atoms with Crippen LogP contribution >= 0.6 is 0 Å². The molecule has 3 nitrogen and oxygen atoms in total. The van der Waals surface area contributed by atoms with Crippen LogP contribution in [0.2, 0.25) is 0 Å². The molecule has 0 aromatic carbocycles. The molecule has 0 aromatic heterocycles. The van der Waals surface area contributed by atoms with Gasteiger partial charge in [0.2, 0.25) is 0 Å². The molecule has 4 bridgehead atoms. The second-order valence-corrected chi connectivity index (χ2v) is 6.51. The quantitative estimate of drug-likeness (QED) is 0.597. The zero-order valence-electron chi connectivity index (χ0n) is 10.1. The van der Waals surface area contributed by atoms with Gasteiger partial charge in [0.1, 0.15) is 0 Å². The number of nitriles is 1. The van der Waals surface area contributed by atoms with Crippen LogP contribution in [-0.2, 0) is 0 Å². The summed E-state index contributed by atoms with van der Waals surface area (Å²) in [5.41, 5.74) is 1.05. The molecule has 6 rings (SSSR count). The van der Waals surface area contributed by atoms with Gasteiger partial charge in [0.05, 0.1) is 18.2 Å². The van der Waals surface area contributed by atoms with Gasteiger partial charge in [-0.3, -0.25) is 0 Å². The van der Waals surface area contributed by atoms with Crippen molar-refractivity contribution in [2.24, 2.45) is 45.7 Å². The first kappa shape index (κ1) is 9.49. The highest BCUT2D eigenvalue weighted by Gasteiger charge is 2.63. The number of azo groups is 1. The maximum absolute atomic E-state index is 9.25. The topological polar surface area (TPSA) is 48.5 Å². The standard InChI is InChI=1S/C15H15N3/c16-6-8-4-7-5-11(8)13-12(7)14-9-2-1-3-10(9)15(13)18-17-14/h1-2,4,7,9-15H,3,5H2/t7-,9+,10-,11-,12-,13+,14+,15-/m0/s1. The van der Waals surface area contributed by atoms with Gasteiger partial charge in [-0.05, 0) is 42.4 Å². The summed E-state index contributed by atoms with van der Waals surface area (Å²) in [6.07, 6.45) is 9.33. The lowest BCUT2D eigenvalue weighted by Gasteiger charge is -2.50. The van der Waals surface area contributed by atoms with Crippen LogP contribution in [0.15, 0.2) is 34.0 Å². The van der Waals surface area contributed by atoms with E-state index in [0.717, 1.165) is 5.57 Å². The molecule has 8 atom stereocenters. The smallest absolute Gasteiger partial charge is 0.0946 e. The summed E-state index contributed by atoms with van der Waals surface area (Å²) < 4.78 is 0. The molecule has 18 heavy (non-hydrogen) atoms. The minimum Gasteiger partial charge on any atom is -0.193 e. The fraction of sp³-hybridized carbons (Fsp3) is 0.667. The van der Waals surface area contributed by atoms with E-state index in [-0.39, 0.29) is 0 Å². The van der Waals surface area contributed by atoms with Crippen molar-refractivity contribution in [3.05, 3.63) is 23.8 Å². The molecule has 0 saturated heterocycles. The Morgan fingerprint density at radius 1 is 1.22 bits per heavy atom. The molecular weight excluding hydrogens is 222 g/mol. The zero-order valence-corrected chi connectivity index (χ0v) is 10.1. The van der Waals surface area contributed by atoms with E-state index in [1.807, 2.05) is 0 Å². The molecule has 2 saturated carbocycles. The van der Waals surface area contributed by atoms with Gasteiger partial charge in [-0.25, -0.2) is 0 Å². The lowest BCUT2D eigenvalue weighted by atomic mass is 9.59. The predicted octanol–water partition coefficient (Wildman–Crippen LogP) is 2.73. The average molecular weight is 237 g/mol. The average Bonchev–Trinajstić information content (AvgIpc) is 3.13. The molecule has 2 aliphatic heterocycles. The number of nitrogens with zero attached hydrogens (tertiary/aromatic N) is 3. The molecule has 0 aromatic rings. The molecule has 90 valence electrons. The lowest BCUT2D eigenvalue weighted by Crippen LogP contribution is -2.53.